The zero-order valence-corrected chi connectivity index (χ0v) is 18.2. The second-order valence-corrected chi connectivity index (χ2v) is 7.61. The Labute approximate surface area is 189 Å². The minimum absolute atomic E-state index is 0.0452. The molecule has 0 amide bonds. The summed E-state index contributed by atoms with van der Waals surface area (Å²) in [6.45, 7) is 0.729. The molecule has 0 heterocycles. The van der Waals surface area contributed by atoms with Crippen molar-refractivity contribution in [2.75, 3.05) is 12.4 Å². The molecule has 0 atom stereocenters. The van der Waals surface area contributed by atoms with E-state index in [0.29, 0.717) is 33.8 Å². The van der Waals surface area contributed by atoms with E-state index >= 15 is 0 Å². The second-order valence-electron chi connectivity index (χ2n) is 6.36. The number of methoxy groups -OCH3 is 1. The summed E-state index contributed by atoms with van der Waals surface area (Å²) in [6, 6.07) is 15.5. The maximum atomic E-state index is 11.2. The zero-order chi connectivity index (χ0) is 21.7. The molecule has 3 aromatic carbocycles. The van der Waals surface area contributed by atoms with Crippen LogP contribution in [-0.2, 0) is 13.2 Å². The molecule has 3 aromatic rings. The predicted octanol–water partition coefficient (Wildman–Crippen LogP) is 6.54. The highest BCUT2D eigenvalue weighted by Gasteiger charge is 2.11. The summed E-state index contributed by atoms with van der Waals surface area (Å²) in [5, 5.41) is 13.6. The number of rotatable bonds is 8. The molecule has 2 N–H and O–H groups in total. The molecule has 0 unspecified atom stereocenters. The van der Waals surface area contributed by atoms with Crippen LogP contribution in [0.4, 0.5) is 5.69 Å². The zero-order valence-electron chi connectivity index (χ0n) is 15.9. The number of ether oxygens (including phenoxy) is 2. The van der Waals surface area contributed by atoms with Crippen LogP contribution >= 0.6 is 34.8 Å². The van der Waals surface area contributed by atoms with Gasteiger partial charge in [0, 0.05) is 27.8 Å². The van der Waals surface area contributed by atoms with E-state index in [1.165, 1.54) is 6.07 Å². The first kappa shape index (κ1) is 22.1. The van der Waals surface area contributed by atoms with Crippen LogP contribution in [0.5, 0.6) is 11.5 Å². The smallest absolute Gasteiger partial charge is 0.337 e. The maximum absolute atomic E-state index is 11.2. The van der Waals surface area contributed by atoms with Crippen LogP contribution < -0.4 is 14.8 Å². The monoisotopic (exact) mass is 465 g/mol. The van der Waals surface area contributed by atoms with Gasteiger partial charge in [-0.2, -0.15) is 0 Å². The van der Waals surface area contributed by atoms with Crippen LogP contribution in [0.2, 0.25) is 15.1 Å². The van der Waals surface area contributed by atoms with Crippen molar-refractivity contribution in [1.82, 2.24) is 0 Å². The molecule has 156 valence electrons. The first-order valence-corrected chi connectivity index (χ1v) is 10.0. The third kappa shape index (κ3) is 5.51. The standard InChI is InChI=1S/C22H18Cl3NO4/c1-29-21-8-13(11-26-16-5-6-18(24)17(10-16)22(27)28)2-7-20(21)30-12-14-3-4-15(23)9-19(14)25/h2-10,26H,11-12H2,1H3,(H,27,28). The van der Waals surface area contributed by atoms with Gasteiger partial charge in [-0.15, -0.1) is 0 Å². The molecular weight excluding hydrogens is 449 g/mol. The molecule has 0 aliphatic rings. The van der Waals surface area contributed by atoms with E-state index in [9.17, 15) is 9.90 Å². The largest absolute Gasteiger partial charge is 0.493 e. The summed E-state index contributed by atoms with van der Waals surface area (Å²) in [6.07, 6.45) is 0. The number of carboxylic acids is 1. The lowest BCUT2D eigenvalue weighted by Crippen LogP contribution is -2.04. The lowest BCUT2D eigenvalue weighted by Gasteiger charge is -2.14. The van der Waals surface area contributed by atoms with Crippen LogP contribution in [0.3, 0.4) is 0 Å². The van der Waals surface area contributed by atoms with Crippen molar-refractivity contribution in [3.05, 3.63) is 86.4 Å². The average Bonchev–Trinajstić information content (AvgIpc) is 2.72. The lowest BCUT2D eigenvalue weighted by atomic mass is 10.1. The maximum Gasteiger partial charge on any atom is 0.337 e. The van der Waals surface area contributed by atoms with E-state index in [1.807, 2.05) is 24.3 Å². The number of carboxylic acid groups (broad SMARTS) is 1. The van der Waals surface area contributed by atoms with Gasteiger partial charge in [-0.1, -0.05) is 46.9 Å². The van der Waals surface area contributed by atoms with E-state index in [1.54, 1.807) is 31.4 Å². The van der Waals surface area contributed by atoms with E-state index in [-0.39, 0.29) is 17.2 Å². The molecule has 5 nitrogen and oxygen atoms in total. The summed E-state index contributed by atoms with van der Waals surface area (Å²) >= 11 is 18.0. The first-order chi connectivity index (χ1) is 14.4. The Balaban J connectivity index is 1.68. The second kappa shape index (κ2) is 9.94. The molecular formula is C22H18Cl3NO4. The molecule has 0 aliphatic heterocycles. The highest BCUT2D eigenvalue weighted by atomic mass is 35.5. The third-order valence-corrected chi connectivity index (χ3v) is 5.24. The fourth-order valence-electron chi connectivity index (χ4n) is 2.74. The van der Waals surface area contributed by atoms with Gasteiger partial charge < -0.3 is 19.9 Å². The van der Waals surface area contributed by atoms with E-state index < -0.39 is 5.97 Å². The Bertz CT molecular complexity index is 1070. The van der Waals surface area contributed by atoms with Crippen LogP contribution in [0.1, 0.15) is 21.5 Å². The number of aromatic carboxylic acids is 1. The summed E-state index contributed by atoms with van der Waals surface area (Å²) in [7, 11) is 1.56. The van der Waals surface area contributed by atoms with Crippen molar-refractivity contribution in [3.63, 3.8) is 0 Å². The van der Waals surface area contributed by atoms with Gasteiger partial charge >= 0.3 is 5.97 Å². The van der Waals surface area contributed by atoms with Crippen molar-refractivity contribution >= 4 is 46.5 Å². The molecule has 0 bridgehead atoms. The Kier molecular flexibility index (Phi) is 7.32. The normalized spacial score (nSPS) is 10.5. The van der Waals surface area contributed by atoms with Crippen molar-refractivity contribution in [3.8, 4) is 11.5 Å². The molecule has 0 aromatic heterocycles. The first-order valence-electron chi connectivity index (χ1n) is 8.87. The van der Waals surface area contributed by atoms with E-state index in [2.05, 4.69) is 5.32 Å². The average molecular weight is 467 g/mol. The van der Waals surface area contributed by atoms with Crippen molar-refractivity contribution in [2.24, 2.45) is 0 Å². The predicted molar refractivity (Wildman–Crippen MR) is 120 cm³/mol. The van der Waals surface area contributed by atoms with Crippen molar-refractivity contribution < 1.29 is 19.4 Å². The topological polar surface area (TPSA) is 67.8 Å². The quantitative estimate of drug-likeness (QED) is 0.394. The number of halogens is 3. The third-order valence-electron chi connectivity index (χ3n) is 4.32. The van der Waals surface area contributed by atoms with Gasteiger partial charge in [-0.05, 0) is 48.0 Å². The van der Waals surface area contributed by atoms with Gasteiger partial charge in [-0.25, -0.2) is 4.79 Å². The lowest BCUT2D eigenvalue weighted by molar-refractivity contribution is 0.0697. The molecule has 8 heteroatoms. The fraction of sp³-hybridized carbons (Fsp3) is 0.136. The summed E-state index contributed by atoms with van der Waals surface area (Å²) in [5.74, 6) is 0.0706. The molecule has 0 aliphatic carbocycles. The van der Waals surface area contributed by atoms with Gasteiger partial charge in [0.2, 0.25) is 0 Å². The number of hydrogen-bond donors (Lipinski definition) is 2. The van der Waals surface area contributed by atoms with Gasteiger partial charge in [0.05, 0.1) is 17.7 Å². The number of hydrogen-bond acceptors (Lipinski definition) is 4. The highest BCUT2D eigenvalue weighted by Crippen LogP contribution is 2.30. The molecule has 0 saturated carbocycles. The van der Waals surface area contributed by atoms with Crippen molar-refractivity contribution in [1.29, 1.82) is 0 Å². The molecule has 0 spiro atoms. The Morgan fingerprint density at radius 3 is 2.47 bits per heavy atom. The Morgan fingerprint density at radius 2 is 1.77 bits per heavy atom. The Morgan fingerprint density at radius 1 is 0.967 bits per heavy atom. The minimum atomic E-state index is -1.08. The van der Waals surface area contributed by atoms with E-state index in [4.69, 9.17) is 44.3 Å². The summed E-state index contributed by atoms with van der Waals surface area (Å²) in [5.41, 5.74) is 2.43. The van der Waals surface area contributed by atoms with Crippen LogP contribution in [0.25, 0.3) is 0 Å². The number of nitrogens with one attached hydrogen (secondary N) is 1. The van der Waals surface area contributed by atoms with Gasteiger partial charge in [0.25, 0.3) is 0 Å². The van der Waals surface area contributed by atoms with Crippen LogP contribution in [-0.4, -0.2) is 18.2 Å². The number of carbonyl (C=O) groups is 1. The Hall–Kier alpha value is -2.60. The fourth-order valence-corrected chi connectivity index (χ4v) is 3.40. The van der Waals surface area contributed by atoms with E-state index in [0.717, 1.165) is 11.1 Å². The summed E-state index contributed by atoms with van der Waals surface area (Å²) < 4.78 is 11.3. The van der Waals surface area contributed by atoms with Crippen LogP contribution in [0, 0.1) is 0 Å². The molecule has 0 fully saturated rings. The summed E-state index contributed by atoms with van der Waals surface area (Å²) in [4.78, 5) is 11.2. The van der Waals surface area contributed by atoms with Gasteiger partial charge in [-0.3, -0.25) is 0 Å². The molecule has 0 saturated heterocycles. The highest BCUT2D eigenvalue weighted by molar-refractivity contribution is 6.35. The number of anilines is 1. The number of benzene rings is 3. The molecule has 0 radical (unpaired) electrons. The SMILES string of the molecule is COc1cc(CNc2ccc(Cl)c(C(=O)O)c2)ccc1OCc1ccc(Cl)cc1Cl. The van der Waals surface area contributed by atoms with Crippen LogP contribution in [0.15, 0.2) is 54.6 Å². The molecule has 30 heavy (non-hydrogen) atoms. The van der Waals surface area contributed by atoms with Crippen molar-refractivity contribution in [2.45, 2.75) is 13.2 Å². The molecule has 3 rings (SSSR count). The minimum Gasteiger partial charge on any atom is -0.493 e. The van der Waals surface area contributed by atoms with Gasteiger partial charge in [0.1, 0.15) is 6.61 Å². The van der Waals surface area contributed by atoms with Gasteiger partial charge in [0.15, 0.2) is 11.5 Å².